The molecule has 2 atom stereocenters. The summed E-state index contributed by atoms with van der Waals surface area (Å²) in [4.78, 5) is 10.8. The molecule has 0 aliphatic carbocycles. The molecule has 86 valence electrons. The van der Waals surface area contributed by atoms with Crippen LogP contribution in [0.5, 0.6) is 5.75 Å². The van der Waals surface area contributed by atoms with E-state index in [1.165, 1.54) is 0 Å². The van der Waals surface area contributed by atoms with E-state index in [1.54, 1.807) is 6.07 Å². The lowest BCUT2D eigenvalue weighted by Gasteiger charge is -2.13. The van der Waals surface area contributed by atoms with Gasteiger partial charge < -0.3 is 9.47 Å². The number of rotatable bonds is 4. The zero-order chi connectivity index (χ0) is 11.4. The molecule has 1 fully saturated rings. The van der Waals surface area contributed by atoms with Crippen LogP contribution in [0.2, 0.25) is 0 Å². The maximum Gasteiger partial charge on any atom is 0.153 e. The Kier molecular flexibility index (Phi) is 3.57. The highest BCUT2D eigenvalue weighted by atomic mass is 16.5. The average Bonchev–Trinajstić information content (AvgIpc) is 2.73. The van der Waals surface area contributed by atoms with Gasteiger partial charge in [0.25, 0.3) is 0 Å². The molecule has 0 spiro atoms. The van der Waals surface area contributed by atoms with Crippen LogP contribution >= 0.6 is 0 Å². The highest BCUT2D eigenvalue weighted by Gasteiger charge is 2.22. The first kappa shape index (κ1) is 11.1. The molecule has 1 aliphatic heterocycles. The monoisotopic (exact) mass is 220 g/mol. The number of carbonyl (C=O) groups is 1. The molecular weight excluding hydrogens is 204 g/mol. The molecule has 0 N–H and O–H groups in total. The Morgan fingerprint density at radius 3 is 2.94 bits per heavy atom. The smallest absolute Gasteiger partial charge is 0.153 e. The molecule has 16 heavy (non-hydrogen) atoms. The molecule has 0 aromatic heterocycles. The lowest BCUT2D eigenvalue weighted by molar-refractivity contribution is 0.0263. The number of aldehydes is 1. The third kappa shape index (κ3) is 2.61. The number of ether oxygens (including phenoxy) is 2. The van der Waals surface area contributed by atoms with E-state index >= 15 is 0 Å². The Labute approximate surface area is 95.4 Å². The van der Waals surface area contributed by atoms with Crippen molar-refractivity contribution in [2.45, 2.75) is 32.0 Å². The Morgan fingerprint density at radius 2 is 2.25 bits per heavy atom. The average molecular weight is 220 g/mol. The first-order valence-electron chi connectivity index (χ1n) is 5.62. The topological polar surface area (TPSA) is 35.5 Å². The maximum atomic E-state index is 10.8. The Balaban J connectivity index is 1.91. The lowest BCUT2D eigenvalue weighted by atomic mass is 10.2. The fraction of sp³-hybridized carbons (Fsp3) is 0.462. The molecule has 2 rings (SSSR count). The summed E-state index contributed by atoms with van der Waals surface area (Å²) in [5.74, 6) is 0.639. The number of hydrogen-bond donors (Lipinski definition) is 0. The Morgan fingerprint density at radius 1 is 1.44 bits per heavy atom. The van der Waals surface area contributed by atoms with Crippen LogP contribution in [-0.2, 0) is 4.74 Å². The Hall–Kier alpha value is -1.35. The minimum atomic E-state index is 0.162. The van der Waals surface area contributed by atoms with E-state index in [4.69, 9.17) is 9.47 Å². The third-order valence-corrected chi connectivity index (χ3v) is 2.79. The van der Waals surface area contributed by atoms with Crippen LogP contribution < -0.4 is 4.74 Å². The van der Waals surface area contributed by atoms with Crippen molar-refractivity contribution in [3.63, 3.8) is 0 Å². The van der Waals surface area contributed by atoms with Crippen molar-refractivity contribution in [1.29, 1.82) is 0 Å². The van der Waals surface area contributed by atoms with Gasteiger partial charge in [0.1, 0.15) is 12.4 Å². The van der Waals surface area contributed by atoms with Gasteiger partial charge in [0.15, 0.2) is 6.29 Å². The van der Waals surface area contributed by atoms with Crippen LogP contribution in [0.15, 0.2) is 24.3 Å². The van der Waals surface area contributed by atoms with Crippen LogP contribution in [0.4, 0.5) is 0 Å². The summed E-state index contributed by atoms with van der Waals surface area (Å²) in [6.07, 6.45) is 3.42. The quantitative estimate of drug-likeness (QED) is 0.731. The molecule has 1 aromatic rings. The molecule has 1 heterocycles. The fourth-order valence-electron chi connectivity index (χ4n) is 1.90. The molecule has 3 nitrogen and oxygen atoms in total. The highest BCUT2D eigenvalue weighted by molar-refractivity contribution is 5.79. The maximum absolute atomic E-state index is 10.8. The van der Waals surface area contributed by atoms with Crippen molar-refractivity contribution < 1.29 is 14.3 Å². The molecule has 1 aliphatic rings. The molecule has 0 radical (unpaired) electrons. The Bertz CT molecular complexity index is 362. The van der Waals surface area contributed by atoms with Crippen LogP contribution in [0.1, 0.15) is 30.1 Å². The van der Waals surface area contributed by atoms with Gasteiger partial charge in [-0.15, -0.1) is 0 Å². The normalized spacial score (nSPS) is 24.3. The zero-order valence-corrected chi connectivity index (χ0v) is 9.39. The van der Waals surface area contributed by atoms with Crippen molar-refractivity contribution in [3.05, 3.63) is 29.8 Å². The third-order valence-electron chi connectivity index (χ3n) is 2.79. The van der Waals surface area contributed by atoms with Crippen LogP contribution in [0.25, 0.3) is 0 Å². The van der Waals surface area contributed by atoms with Crippen LogP contribution in [-0.4, -0.2) is 25.1 Å². The number of benzene rings is 1. The van der Waals surface area contributed by atoms with Gasteiger partial charge in [0, 0.05) is 0 Å². The summed E-state index contributed by atoms with van der Waals surface area (Å²) in [5.41, 5.74) is 0.591. The second kappa shape index (κ2) is 5.12. The fourth-order valence-corrected chi connectivity index (χ4v) is 1.90. The van der Waals surface area contributed by atoms with E-state index in [0.29, 0.717) is 24.0 Å². The van der Waals surface area contributed by atoms with Gasteiger partial charge in [-0.05, 0) is 31.9 Å². The van der Waals surface area contributed by atoms with Crippen molar-refractivity contribution in [2.24, 2.45) is 0 Å². The van der Waals surface area contributed by atoms with Crippen LogP contribution in [0.3, 0.4) is 0 Å². The van der Waals surface area contributed by atoms with E-state index in [2.05, 4.69) is 6.92 Å². The predicted molar refractivity (Wildman–Crippen MR) is 60.9 cm³/mol. The van der Waals surface area contributed by atoms with Gasteiger partial charge in [-0.25, -0.2) is 0 Å². The number of hydrogen-bond acceptors (Lipinski definition) is 3. The van der Waals surface area contributed by atoms with Gasteiger partial charge in [-0.2, -0.15) is 0 Å². The van der Waals surface area contributed by atoms with E-state index < -0.39 is 0 Å². The number of para-hydroxylation sites is 1. The highest BCUT2D eigenvalue weighted by Crippen LogP contribution is 2.21. The second-order valence-electron chi connectivity index (χ2n) is 4.11. The van der Waals surface area contributed by atoms with E-state index in [0.717, 1.165) is 19.1 Å². The summed E-state index contributed by atoms with van der Waals surface area (Å²) in [6.45, 7) is 2.59. The summed E-state index contributed by atoms with van der Waals surface area (Å²) < 4.78 is 11.2. The first-order valence-corrected chi connectivity index (χ1v) is 5.62. The van der Waals surface area contributed by atoms with Gasteiger partial charge in [-0.3, -0.25) is 4.79 Å². The predicted octanol–water partition coefficient (Wildman–Crippen LogP) is 2.45. The van der Waals surface area contributed by atoms with E-state index in [9.17, 15) is 4.79 Å². The molecule has 0 bridgehead atoms. The molecule has 0 saturated carbocycles. The van der Waals surface area contributed by atoms with Crippen molar-refractivity contribution in [1.82, 2.24) is 0 Å². The molecule has 0 amide bonds. The van der Waals surface area contributed by atoms with Crippen molar-refractivity contribution >= 4 is 6.29 Å². The van der Waals surface area contributed by atoms with Crippen molar-refractivity contribution in [3.8, 4) is 5.75 Å². The number of carbonyl (C=O) groups excluding carboxylic acids is 1. The summed E-state index contributed by atoms with van der Waals surface area (Å²) in [5, 5.41) is 0. The zero-order valence-electron chi connectivity index (χ0n) is 9.39. The first-order chi connectivity index (χ1) is 7.79. The van der Waals surface area contributed by atoms with Crippen molar-refractivity contribution in [2.75, 3.05) is 6.61 Å². The SMILES string of the molecule is CC1CCC(COc2ccccc2C=O)O1. The lowest BCUT2D eigenvalue weighted by Crippen LogP contribution is -2.18. The summed E-state index contributed by atoms with van der Waals surface area (Å²) >= 11 is 0. The standard InChI is InChI=1S/C13H16O3/c1-10-6-7-12(16-10)9-15-13-5-3-2-4-11(13)8-14/h2-5,8,10,12H,6-7,9H2,1H3. The minimum absolute atomic E-state index is 0.162. The summed E-state index contributed by atoms with van der Waals surface area (Å²) in [7, 11) is 0. The van der Waals surface area contributed by atoms with Gasteiger partial charge in [0.2, 0.25) is 0 Å². The minimum Gasteiger partial charge on any atom is -0.490 e. The molecule has 3 heteroatoms. The molecule has 2 unspecified atom stereocenters. The second-order valence-corrected chi connectivity index (χ2v) is 4.11. The molecular formula is C13H16O3. The van der Waals surface area contributed by atoms with Gasteiger partial charge in [-0.1, -0.05) is 12.1 Å². The van der Waals surface area contributed by atoms with Gasteiger partial charge in [0.05, 0.1) is 17.8 Å². The molecule has 1 saturated heterocycles. The largest absolute Gasteiger partial charge is 0.490 e. The van der Waals surface area contributed by atoms with E-state index in [1.807, 2.05) is 18.2 Å². The summed E-state index contributed by atoms with van der Waals surface area (Å²) in [6, 6.07) is 7.24. The van der Waals surface area contributed by atoms with Crippen LogP contribution in [0, 0.1) is 0 Å². The molecule has 1 aromatic carbocycles. The van der Waals surface area contributed by atoms with E-state index in [-0.39, 0.29) is 6.10 Å². The van der Waals surface area contributed by atoms with Gasteiger partial charge >= 0.3 is 0 Å².